The van der Waals surface area contributed by atoms with E-state index in [2.05, 4.69) is 33.4 Å². The van der Waals surface area contributed by atoms with Crippen LogP contribution in [0.3, 0.4) is 0 Å². The maximum Gasteiger partial charge on any atom is 0.194 e. The average Bonchev–Trinajstić information content (AvgIpc) is 3.25. The zero-order valence-corrected chi connectivity index (χ0v) is 19.6. The summed E-state index contributed by atoms with van der Waals surface area (Å²) in [5.74, 6) is 1.53. The zero-order chi connectivity index (χ0) is 21.8. The lowest BCUT2D eigenvalue weighted by molar-refractivity contribution is 0.346. The fraction of sp³-hybridized carbons (Fsp3) is 0.167. The molecule has 0 saturated heterocycles. The normalized spacial score (nSPS) is 15.4. The third-order valence-corrected chi connectivity index (χ3v) is 5.93. The Bertz CT molecular complexity index is 1100. The number of thiocarbonyl (C=S) groups is 1. The third-order valence-electron chi connectivity index (χ3n) is 5.12. The number of hydrogen-bond donors (Lipinski definition) is 1. The Balaban J connectivity index is 1.72. The van der Waals surface area contributed by atoms with Crippen molar-refractivity contribution < 1.29 is 9.47 Å². The first-order chi connectivity index (χ1) is 15.1. The molecule has 3 aromatic carbocycles. The van der Waals surface area contributed by atoms with Gasteiger partial charge < -0.3 is 14.8 Å². The minimum absolute atomic E-state index is 0.132. The second kappa shape index (κ2) is 9.49. The molecule has 0 radical (unpaired) electrons. The first-order valence-electron chi connectivity index (χ1n) is 9.79. The van der Waals surface area contributed by atoms with Crippen LogP contribution in [0.2, 0.25) is 0 Å². The molecule has 1 atom stereocenters. The van der Waals surface area contributed by atoms with E-state index in [9.17, 15) is 0 Å². The van der Waals surface area contributed by atoms with E-state index in [0.29, 0.717) is 11.5 Å². The van der Waals surface area contributed by atoms with E-state index >= 15 is 0 Å². The van der Waals surface area contributed by atoms with Crippen molar-refractivity contribution in [3.05, 3.63) is 88.4 Å². The molecule has 1 N–H and O–H groups in total. The number of anilines is 1. The van der Waals surface area contributed by atoms with Gasteiger partial charge in [-0.25, -0.2) is 5.01 Å². The number of benzene rings is 3. The number of para-hydroxylation sites is 1. The van der Waals surface area contributed by atoms with Crippen LogP contribution in [0.25, 0.3) is 0 Å². The molecule has 158 valence electrons. The van der Waals surface area contributed by atoms with Gasteiger partial charge in [0.1, 0.15) is 11.5 Å². The van der Waals surface area contributed by atoms with Crippen LogP contribution in [0, 0.1) is 0 Å². The molecule has 0 bridgehead atoms. The number of hydrogen-bond acceptors (Lipinski definition) is 4. The van der Waals surface area contributed by atoms with Gasteiger partial charge in [0.05, 0.1) is 26.0 Å². The summed E-state index contributed by atoms with van der Waals surface area (Å²) < 4.78 is 12.1. The SMILES string of the molecule is COc1ccc(OC)c(C2CC(c3ccc(Br)cc3)=NN2C(=S)Nc2ccccc2)c1. The van der Waals surface area contributed by atoms with Crippen LogP contribution < -0.4 is 14.8 Å². The van der Waals surface area contributed by atoms with Crippen LogP contribution in [0.4, 0.5) is 5.69 Å². The molecule has 0 fully saturated rings. The molecule has 0 amide bonds. The highest BCUT2D eigenvalue weighted by atomic mass is 79.9. The van der Waals surface area contributed by atoms with Crippen molar-refractivity contribution in [2.24, 2.45) is 5.10 Å². The van der Waals surface area contributed by atoms with E-state index in [4.69, 9.17) is 26.8 Å². The van der Waals surface area contributed by atoms with E-state index in [0.717, 1.165) is 38.5 Å². The van der Waals surface area contributed by atoms with Gasteiger partial charge >= 0.3 is 0 Å². The first kappa shape index (κ1) is 21.3. The summed E-state index contributed by atoms with van der Waals surface area (Å²) in [7, 11) is 3.32. The van der Waals surface area contributed by atoms with E-state index in [1.807, 2.05) is 65.7 Å². The number of rotatable bonds is 5. The summed E-state index contributed by atoms with van der Waals surface area (Å²) in [6, 6.07) is 23.7. The van der Waals surface area contributed by atoms with Crippen LogP contribution in [0.1, 0.15) is 23.6 Å². The zero-order valence-electron chi connectivity index (χ0n) is 17.2. The van der Waals surface area contributed by atoms with Gasteiger partial charge in [0.25, 0.3) is 0 Å². The highest BCUT2D eigenvalue weighted by molar-refractivity contribution is 9.10. The summed E-state index contributed by atoms with van der Waals surface area (Å²) in [4.78, 5) is 0. The highest BCUT2D eigenvalue weighted by Gasteiger charge is 2.33. The fourth-order valence-electron chi connectivity index (χ4n) is 3.56. The Morgan fingerprint density at radius 3 is 2.45 bits per heavy atom. The van der Waals surface area contributed by atoms with Gasteiger partial charge in [-0.1, -0.05) is 46.3 Å². The Kier molecular flexibility index (Phi) is 6.53. The molecular formula is C24H22BrN3O2S. The topological polar surface area (TPSA) is 46.1 Å². The number of methoxy groups -OCH3 is 2. The van der Waals surface area contributed by atoms with Gasteiger partial charge in [0.15, 0.2) is 5.11 Å². The predicted molar refractivity (Wildman–Crippen MR) is 132 cm³/mol. The highest BCUT2D eigenvalue weighted by Crippen LogP contribution is 2.39. The lowest BCUT2D eigenvalue weighted by Gasteiger charge is -2.26. The third kappa shape index (κ3) is 4.73. The van der Waals surface area contributed by atoms with Crippen LogP contribution >= 0.6 is 28.1 Å². The lowest BCUT2D eigenvalue weighted by atomic mass is 9.97. The molecule has 0 aliphatic carbocycles. The number of ether oxygens (including phenoxy) is 2. The molecule has 1 aliphatic heterocycles. The molecule has 5 nitrogen and oxygen atoms in total. The molecule has 1 aliphatic rings. The number of hydrazone groups is 1. The summed E-state index contributed by atoms with van der Waals surface area (Å²) in [5, 5.41) is 10.6. The minimum atomic E-state index is -0.132. The summed E-state index contributed by atoms with van der Waals surface area (Å²) in [5.41, 5.74) is 3.89. The second-order valence-corrected chi connectivity index (χ2v) is 8.32. The second-order valence-electron chi connectivity index (χ2n) is 7.02. The average molecular weight is 496 g/mol. The molecule has 7 heteroatoms. The van der Waals surface area contributed by atoms with Crippen LogP contribution in [-0.4, -0.2) is 30.1 Å². The summed E-state index contributed by atoms with van der Waals surface area (Å²) in [6.07, 6.45) is 0.682. The predicted octanol–water partition coefficient (Wildman–Crippen LogP) is 6.01. The number of nitrogens with one attached hydrogen (secondary N) is 1. The van der Waals surface area contributed by atoms with Gasteiger partial charge in [-0.15, -0.1) is 0 Å². The van der Waals surface area contributed by atoms with Gasteiger partial charge in [-0.3, -0.25) is 0 Å². The van der Waals surface area contributed by atoms with Crippen LogP contribution in [0.15, 0.2) is 82.4 Å². The molecular weight excluding hydrogens is 474 g/mol. The van der Waals surface area contributed by atoms with E-state index < -0.39 is 0 Å². The maximum atomic E-state index is 5.77. The van der Waals surface area contributed by atoms with Crippen molar-refractivity contribution in [2.45, 2.75) is 12.5 Å². The van der Waals surface area contributed by atoms with Gasteiger partial charge in [0, 0.05) is 22.1 Å². The Morgan fingerprint density at radius 2 is 1.77 bits per heavy atom. The summed E-state index contributed by atoms with van der Waals surface area (Å²) >= 11 is 9.26. The van der Waals surface area contributed by atoms with Gasteiger partial charge in [0.2, 0.25) is 0 Å². The molecule has 31 heavy (non-hydrogen) atoms. The number of halogens is 1. The van der Waals surface area contributed by atoms with E-state index in [1.54, 1.807) is 14.2 Å². The molecule has 1 heterocycles. The largest absolute Gasteiger partial charge is 0.497 e. The molecule has 1 unspecified atom stereocenters. The molecule has 0 saturated carbocycles. The van der Waals surface area contributed by atoms with Crippen LogP contribution in [-0.2, 0) is 0 Å². The molecule has 3 aromatic rings. The van der Waals surface area contributed by atoms with E-state index in [-0.39, 0.29) is 6.04 Å². The molecule has 0 aromatic heterocycles. The molecule has 4 rings (SSSR count). The summed E-state index contributed by atoms with van der Waals surface area (Å²) in [6.45, 7) is 0. The first-order valence-corrected chi connectivity index (χ1v) is 11.0. The lowest BCUT2D eigenvalue weighted by Crippen LogP contribution is -2.31. The van der Waals surface area contributed by atoms with Crippen molar-refractivity contribution in [3.63, 3.8) is 0 Å². The van der Waals surface area contributed by atoms with Crippen LogP contribution in [0.5, 0.6) is 11.5 Å². The van der Waals surface area contributed by atoms with Crippen molar-refractivity contribution in [2.75, 3.05) is 19.5 Å². The van der Waals surface area contributed by atoms with Gasteiger partial charge in [-0.2, -0.15) is 5.10 Å². The fourth-order valence-corrected chi connectivity index (χ4v) is 4.11. The van der Waals surface area contributed by atoms with Crippen molar-refractivity contribution >= 4 is 44.7 Å². The Labute approximate surface area is 195 Å². The number of nitrogens with zero attached hydrogens (tertiary/aromatic N) is 2. The van der Waals surface area contributed by atoms with Gasteiger partial charge in [-0.05, 0) is 60.2 Å². The standard InChI is InChI=1S/C24H22BrN3O2S/c1-29-19-12-13-23(30-2)20(14-19)22-15-21(16-8-10-17(25)11-9-16)27-28(22)24(31)26-18-6-4-3-5-7-18/h3-14,22H,15H2,1-2H3,(H,26,31). The monoisotopic (exact) mass is 495 g/mol. The molecule has 0 spiro atoms. The Morgan fingerprint density at radius 1 is 1.03 bits per heavy atom. The minimum Gasteiger partial charge on any atom is -0.497 e. The van der Waals surface area contributed by atoms with E-state index in [1.165, 1.54) is 0 Å². The smallest absolute Gasteiger partial charge is 0.194 e. The van der Waals surface area contributed by atoms with Crippen molar-refractivity contribution in [1.82, 2.24) is 5.01 Å². The van der Waals surface area contributed by atoms with Crippen molar-refractivity contribution in [3.8, 4) is 11.5 Å². The van der Waals surface area contributed by atoms with Crippen molar-refractivity contribution in [1.29, 1.82) is 0 Å². The maximum absolute atomic E-state index is 5.77. The Hall–Kier alpha value is -2.90. The quantitative estimate of drug-likeness (QED) is 0.438.